The molecule has 2 aromatic rings. The maximum Gasteiger partial charge on any atom is 0.416 e. The molecule has 0 bridgehead atoms. The summed E-state index contributed by atoms with van der Waals surface area (Å²) in [5.74, 6) is -0.976. The predicted octanol–water partition coefficient (Wildman–Crippen LogP) is 4.29. The van der Waals surface area contributed by atoms with Gasteiger partial charge in [0.15, 0.2) is 0 Å². The first kappa shape index (κ1) is 17.0. The first-order valence-corrected chi connectivity index (χ1v) is 7.40. The summed E-state index contributed by atoms with van der Waals surface area (Å²) in [5.41, 5.74) is -0.189. The number of anilines is 2. The van der Waals surface area contributed by atoms with Gasteiger partial charge in [0.05, 0.1) is 21.8 Å². The molecule has 0 atom stereocenters. The number of benzene rings is 1. The summed E-state index contributed by atoms with van der Waals surface area (Å²) in [5, 5.41) is 6.54. The number of aryl methyl sites for hydroxylation is 1. The molecule has 1 heterocycles. The molecule has 0 aliphatic rings. The lowest BCUT2D eigenvalue weighted by Crippen LogP contribution is -2.16. The fourth-order valence-corrected chi connectivity index (χ4v) is 2.73. The fraction of sp³-hybridized carbons (Fsp3) is 0.200. The Kier molecular flexibility index (Phi) is 4.74. The maximum absolute atomic E-state index is 12.8. The Balaban J connectivity index is 2.39. The summed E-state index contributed by atoms with van der Waals surface area (Å²) in [6.07, 6.45) is -4.55. The fourth-order valence-electron chi connectivity index (χ4n) is 1.91. The van der Waals surface area contributed by atoms with E-state index in [1.54, 1.807) is 18.4 Å². The number of amides is 2. The van der Waals surface area contributed by atoms with Crippen LogP contribution < -0.4 is 10.6 Å². The van der Waals surface area contributed by atoms with Crippen LogP contribution >= 0.6 is 11.3 Å². The molecule has 0 radical (unpaired) electrons. The third kappa shape index (κ3) is 4.10. The molecule has 2 rings (SSSR count). The van der Waals surface area contributed by atoms with Gasteiger partial charge >= 0.3 is 6.18 Å². The molecule has 1 aromatic heterocycles. The average Bonchev–Trinajstić information content (AvgIpc) is 2.85. The standard InChI is InChI=1S/C15H13F3N2O2S/c1-8-5-6-23-13(8)14(22)20-12-7-10(15(16,17)18)3-4-11(12)19-9(2)21/h3-7H,1-2H3,(H,19,21)(H,20,22). The molecule has 23 heavy (non-hydrogen) atoms. The number of carbonyl (C=O) groups excluding carboxylic acids is 2. The first-order chi connectivity index (χ1) is 10.7. The second-order valence-corrected chi connectivity index (χ2v) is 5.74. The third-order valence-electron chi connectivity index (χ3n) is 2.97. The normalized spacial score (nSPS) is 11.2. The van der Waals surface area contributed by atoms with Gasteiger partial charge in [-0.25, -0.2) is 0 Å². The van der Waals surface area contributed by atoms with E-state index in [0.717, 1.165) is 23.8 Å². The smallest absolute Gasteiger partial charge is 0.325 e. The van der Waals surface area contributed by atoms with Gasteiger partial charge < -0.3 is 10.6 Å². The van der Waals surface area contributed by atoms with E-state index in [1.807, 2.05) is 0 Å². The van der Waals surface area contributed by atoms with E-state index in [2.05, 4.69) is 10.6 Å². The highest BCUT2D eigenvalue weighted by Crippen LogP contribution is 2.34. The van der Waals surface area contributed by atoms with Gasteiger partial charge in [-0.05, 0) is 42.1 Å². The monoisotopic (exact) mass is 342 g/mol. The molecule has 2 N–H and O–H groups in total. The van der Waals surface area contributed by atoms with E-state index in [-0.39, 0.29) is 11.4 Å². The topological polar surface area (TPSA) is 58.2 Å². The minimum atomic E-state index is -4.55. The summed E-state index contributed by atoms with van der Waals surface area (Å²) in [6, 6.07) is 4.49. The van der Waals surface area contributed by atoms with Crippen molar-refractivity contribution in [1.82, 2.24) is 0 Å². The van der Waals surface area contributed by atoms with Crippen molar-refractivity contribution in [1.29, 1.82) is 0 Å². The van der Waals surface area contributed by atoms with E-state index < -0.39 is 23.6 Å². The molecule has 0 fully saturated rings. The van der Waals surface area contributed by atoms with Crippen LogP contribution in [0.3, 0.4) is 0 Å². The molecule has 8 heteroatoms. The summed E-state index contributed by atoms with van der Waals surface area (Å²) >= 11 is 1.18. The molecule has 0 saturated carbocycles. The lowest BCUT2D eigenvalue weighted by Gasteiger charge is -2.14. The van der Waals surface area contributed by atoms with Gasteiger partial charge in [0, 0.05) is 6.92 Å². The zero-order chi connectivity index (χ0) is 17.2. The molecule has 0 saturated heterocycles. The van der Waals surface area contributed by atoms with Crippen LogP contribution in [0.25, 0.3) is 0 Å². The zero-order valence-corrected chi connectivity index (χ0v) is 13.1. The number of rotatable bonds is 3. The molecule has 0 aliphatic carbocycles. The van der Waals surface area contributed by atoms with Crippen LogP contribution in [0.15, 0.2) is 29.6 Å². The van der Waals surface area contributed by atoms with Crippen molar-refractivity contribution >= 4 is 34.5 Å². The number of nitrogens with one attached hydrogen (secondary N) is 2. The highest BCUT2D eigenvalue weighted by atomic mass is 32.1. The summed E-state index contributed by atoms with van der Waals surface area (Å²) in [7, 11) is 0. The summed E-state index contributed by atoms with van der Waals surface area (Å²) in [6.45, 7) is 2.96. The average molecular weight is 342 g/mol. The number of alkyl halides is 3. The zero-order valence-electron chi connectivity index (χ0n) is 12.2. The van der Waals surface area contributed by atoms with Crippen LogP contribution in [0.5, 0.6) is 0 Å². The maximum atomic E-state index is 12.8. The minimum Gasteiger partial charge on any atom is -0.325 e. The van der Waals surface area contributed by atoms with Gasteiger partial charge in [-0.3, -0.25) is 9.59 Å². The van der Waals surface area contributed by atoms with Crippen molar-refractivity contribution < 1.29 is 22.8 Å². The van der Waals surface area contributed by atoms with E-state index >= 15 is 0 Å². The van der Waals surface area contributed by atoms with Crippen molar-refractivity contribution in [3.8, 4) is 0 Å². The van der Waals surface area contributed by atoms with Crippen molar-refractivity contribution in [2.24, 2.45) is 0 Å². The Morgan fingerprint density at radius 2 is 1.78 bits per heavy atom. The van der Waals surface area contributed by atoms with Crippen molar-refractivity contribution in [3.63, 3.8) is 0 Å². The largest absolute Gasteiger partial charge is 0.416 e. The van der Waals surface area contributed by atoms with Crippen LogP contribution in [0.4, 0.5) is 24.5 Å². The Morgan fingerprint density at radius 1 is 1.09 bits per heavy atom. The van der Waals surface area contributed by atoms with Crippen LogP contribution in [0.1, 0.15) is 27.7 Å². The number of carbonyl (C=O) groups is 2. The third-order valence-corrected chi connectivity index (χ3v) is 3.99. The lowest BCUT2D eigenvalue weighted by atomic mass is 10.1. The van der Waals surface area contributed by atoms with Crippen LogP contribution in [-0.4, -0.2) is 11.8 Å². The molecule has 0 aliphatic heterocycles. The Hall–Kier alpha value is -2.35. The molecule has 0 unspecified atom stereocenters. The van der Waals surface area contributed by atoms with Crippen LogP contribution in [0.2, 0.25) is 0 Å². The summed E-state index contributed by atoms with van der Waals surface area (Å²) < 4.78 is 38.5. The van der Waals surface area contributed by atoms with Gasteiger partial charge in [0.1, 0.15) is 0 Å². The Labute approximate surface area is 134 Å². The Morgan fingerprint density at radius 3 is 2.30 bits per heavy atom. The van der Waals surface area contributed by atoms with E-state index in [0.29, 0.717) is 4.88 Å². The van der Waals surface area contributed by atoms with Gasteiger partial charge in [0.25, 0.3) is 5.91 Å². The SMILES string of the molecule is CC(=O)Nc1ccc(C(F)(F)F)cc1NC(=O)c1sccc1C. The highest BCUT2D eigenvalue weighted by Gasteiger charge is 2.31. The van der Waals surface area contributed by atoms with Crippen molar-refractivity contribution in [3.05, 3.63) is 45.6 Å². The molecular formula is C15H13F3N2O2S. The van der Waals surface area contributed by atoms with Gasteiger partial charge in [-0.1, -0.05) is 0 Å². The molecule has 4 nitrogen and oxygen atoms in total. The molecular weight excluding hydrogens is 329 g/mol. The van der Waals surface area contributed by atoms with Crippen LogP contribution in [-0.2, 0) is 11.0 Å². The van der Waals surface area contributed by atoms with E-state index in [4.69, 9.17) is 0 Å². The highest BCUT2D eigenvalue weighted by molar-refractivity contribution is 7.12. The van der Waals surface area contributed by atoms with Gasteiger partial charge in [-0.2, -0.15) is 13.2 Å². The minimum absolute atomic E-state index is 0.104. The van der Waals surface area contributed by atoms with E-state index in [9.17, 15) is 22.8 Å². The number of hydrogen-bond donors (Lipinski definition) is 2. The number of thiophene rings is 1. The molecule has 0 spiro atoms. The second-order valence-electron chi connectivity index (χ2n) is 4.83. The quantitative estimate of drug-likeness (QED) is 0.874. The van der Waals surface area contributed by atoms with E-state index in [1.165, 1.54) is 18.3 Å². The summed E-state index contributed by atoms with van der Waals surface area (Å²) in [4.78, 5) is 23.8. The molecule has 2 amide bonds. The number of halogens is 3. The predicted molar refractivity (Wildman–Crippen MR) is 82.8 cm³/mol. The van der Waals surface area contributed by atoms with Crippen LogP contribution in [0, 0.1) is 6.92 Å². The van der Waals surface area contributed by atoms with Crippen molar-refractivity contribution in [2.45, 2.75) is 20.0 Å². The first-order valence-electron chi connectivity index (χ1n) is 6.53. The van der Waals surface area contributed by atoms with Gasteiger partial charge in [-0.15, -0.1) is 11.3 Å². The number of hydrogen-bond acceptors (Lipinski definition) is 3. The Bertz CT molecular complexity index is 753. The second kappa shape index (κ2) is 6.41. The van der Waals surface area contributed by atoms with Crippen molar-refractivity contribution in [2.75, 3.05) is 10.6 Å². The lowest BCUT2D eigenvalue weighted by molar-refractivity contribution is -0.137. The molecule has 122 valence electrons. The van der Waals surface area contributed by atoms with Gasteiger partial charge in [0.2, 0.25) is 5.91 Å². The molecule has 1 aromatic carbocycles.